The van der Waals surface area contributed by atoms with E-state index in [0.717, 1.165) is 23.0 Å². The van der Waals surface area contributed by atoms with Crippen LogP contribution < -0.4 is 0 Å². The lowest BCUT2D eigenvalue weighted by atomic mass is 9.86. The molecule has 2 unspecified atom stereocenters. The van der Waals surface area contributed by atoms with Crippen LogP contribution in [0.25, 0.3) is 0 Å². The highest BCUT2D eigenvalue weighted by atomic mass is 79.9. The first-order chi connectivity index (χ1) is 7.31. The van der Waals surface area contributed by atoms with Crippen LogP contribution in [-0.2, 0) is 6.42 Å². The standard InChI is InChI=1S/C13H19BrOS/c1-9-6-12(2,3)8-13(9,15)7-10-4-5-11(14)16-10/h4-5,9,15H,6-8H2,1-3H3. The molecule has 1 fully saturated rings. The van der Waals surface area contributed by atoms with E-state index in [9.17, 15) is 5.11 Å². The van der Waals surface area contributed by atoms with Crippen molar-refractivity contribution >= 4 is 27.3 Å². The lowest BCUT2D eigenvalue weighted by Gasteiger charge is -2.28. The van der Waals surface area contributed by atoms with Gasteiger partial charge in [-0.3, -0.25) is 0 Å². The Morgan fingerprint density at radius 1 is 1.50 bits per heavy atom. The highest BCUT2D eigenvalue weighted by Gasteiger charge is 2.47. The maximum absolute atomic E-state index is 10.7. The molecule has 0 radical (unpaired) electrons. The second-order valence-corrected chi connectivity index (χ2v) is 8.48. The summed E-state index contributed by atoms with van der Waals surface area (Å²) in [5.41, 5.74) is -0.226. The van der Waals surface area contributed by atoms with Crippen molar-refractivity contribution in [1.29, 1.82) is 0 Å². The predicted molar refractivity (Wildman–Crippen MR) is 72.9 cm³/mol. The van der Waals surface area contributed by atoms with Gasteiger partial charge in [0.2, 0.25) is 0 Å². The molecular formula is C13H19BrOS. The molecule has 3 heteroatoms. The van der Waals surface area contributed by atoms with Crippen molar-refractivity contribution in [3.8, 4) is 0 Å². The van der Waals surface area contributed by atoms with E-state index in [1.54, 1.807) is 11.3 Å². The Morgan fingerprint density at radius 3 is 2.62 bits per heavy atom. The number of halogens is 1. The minimum Gasteiger partial charge on any atom is -0.389 e. The molecule has 0 bridgehead atoms. The van der Waals surface area contributed by atoms with Crippen LogP contribution in [0.4, 0.5) is 0 Å². The second kappa shape index (κ2) is 4.11. The first-order valence-corrected chi connectivity index (χ1v) is 7.38. The van der Waals surface area contributed by atoms with E-state index in [-0.39, 0.29) is 5.41 Å². The summed E-state index contributed by atoms with van der Waals surface area (Å²) in [6, 6.07) is 4.18. The highest BCUT2D eigenvalue weighted by Crippen LogP contribution is 2.49. The van der Waals surface area contributed by atoms with Gasteiger partial charge in [0.1, 0.15) is 0 Å². The van der Waals surface area contributed by atoms with Crippen molar-refractivity contribution < 1.29 is 5.11 Å². The summed E-state index contributed by atoms with van der Waals surface area (Å²) in [5, 5.41) is 10.7. The molecule has 16 heavy (non-hydrogen) atoms. The summed E-state index contributed by atoms with van der Waals surface area (Å²) < 4.78 is 1.15. The third kappa shape index (κ3) is 2.52. The zero-order chi connectivity index (χ0) is 12.0. The summed E-state index contributed by atoms with van der Waals surface area (Å²) in [6.45, 7) is 6.69. The van der Waals surface area contributed by atoms with E-state index < -0.39 is 5.60 Å². The molecule has 1 N–H and O–H groups in total. The summed E-state index contributed by atoms with van der Waals surface area (Å²) in [6.07, 6.45) is 2.83. The molecule has 0 amide bonds. The van der Waals surface area contributed by atoms with Gasteiger partial charge in [-0.1, -0.05) is 20.8 Å². The van der Waals surface area contributed by atoms with Crippen LogP contribution in [0.1, 0.15) is 38.5 Å². The molecule has 0 aliphatic heterocycles. The molecule has 1 aliphatic rings. The smallest absolute Gasteiger partial charge is 0.0726 e. The first-order valence-electron chi connectivity index (χ1n) is 5.77. The molecule has 90 valence electrons. The zero-order valence-electron chi connectivity index (χ0n) is 10.1. The molecule has 2 atom stereocenters. The van der Waals surface area contributed by atoms with E-state index in [1.807, 2.05) is 0 Å². The Labute approximate surface area is 110 Å². The van der Waals surface area contributed by atoms with E-state index in [2.05, 4.69) is 48.8 Å². The van der Waals surface area contributed by atoms with Crippen LogP contribution in [0, 0.1) is 11.3 Å². The largest absolute Gasteiger partial charge is 0.389 e. The summed E-state index contributed by atoms with van der Waals surface area (Å²) in [5.74, 6) is 0.392. The van der Waals surface area contributed by atoms with Gasteiger partial charge in [-0.2, -0.15) is 0 Å². The fraction of sp³-hybridized carbons (Fsp3) is 0.692. The van der Waals surface area contributed by atoms with E-state index in [4.69, 9.17) is 0 Å². The fourth-order valence-corrected chi connectivity index (χ4v) is 4.68. The number of rotatable bonds is 2. The fourth-order valence-electron chi connectivity index (χ4n) is 3.08. The molecular weight excluding hydrogens is 284 g/mol. The second-order valence-electron chi connectivity index (χ2n) is 5.93. The third-order valence-electron chi connectivity index (χ3n) is 3.67. The lowest BCUT2D eigenvalue weighted by Crippen LogP contribution is -2.34. The van der Waals surface area contributed by atoms with Crippen LogP contribution in [-0.4, -0.2) is 10.7 Å². The van der Waals surface area contributed by atoms with Crippen molar-refractivity contribution in [2.75, 3.05) is 0 Å². The average molecular weight is 303 g/mol. The van der Waals surface area contributed by atoms with Crippen molar-refractivity contribution in [1.82, 2.24) is 0 Å². The van der Waals surface area contributed by atoms with Crippen LogP contribution in [0.5, 0.6) is 0 Å². The molecule has 1 aromatic rings. The predicted octanol–water partition coefficient (Wildman–Crippen LogP) is 4.24. The summed E-state index contributed by atoms with van der Waals surface area (Å²) in [7, 11) is 0. The molecule has 1 heterocycles. The van der Waals surface area contributed by atoms with Crippen molar-refractivity contribution in [3.63, 3.8) is 0 Å². The van der Waals surface area contributed by atoms with Gasteiger partial charge in [0.15, 0.2) is 0 Å². The van der Waals surface area contributed by atoms with Gasteiger partial charge < -0.3 is 5.11 Å². The monoisotopic (exact) mass is 302 g/mol. The third-order valence-corrected chi connectivity index (χ3v) is 5.29. The van der Waals surface area contributed by atoms with Gasteiger partial charge in [-0.05, 0) is 52.2 Å². The lowest BCUT2D eigenvalue weighted by molar-refractivity contribution is 0.00518. The quantitative estimate of drug-likeness (QED) is 0.866. The maximum Gasteiger partial charge on any atom is 0.0726 e. The Kier molecular flexibility index (Phi) is 3.23. The van der Waals surface area contributed by atoms with Gasteiger partial charge in [0.25, 0.3) is 0 Å². The number of hydrogen-bond acceptors (Lipinski definition) is 2. The number of hydrogen-bond donors (Lipinski definition) is 1. The minimum absolute atomic E-state index is 0.280. The van der Waals surface area contributed by atoms with Gasteiger partial charge >= 0.3 is 0 Å². The molecule has 0 aromatic carbocycles. The van der Waals surface area contributed by atoms with Gasteiger partial charge in [-0.25, -0.2) is 0 Å². The van der Waals surface area contributed by atoms with E-state index in [0.29, 0.717) is 5.92 Å². The van der Waals surface area contributed by atoms with Gasteiger partial charge in [0.05, 0.1) is 9.39 Å². The topological polar surface area (TPSA) is 20.2 Å². The Balaban J connectivity index is 2.14. The molecule has 0 spiro atoms. The summed E-state index contributed by atoms with van der Waals surface area (Å²) >= 11 is 5.21. The first kappa shape index (κ1) is 12.6. The highest BCUT2D eigenvalue weighted by molar-refractivity contribution is 9.11. The molecule has 1 nitrogen and oxygen atoms in total. The van der Waals surface area contributed by atoms with Crippen LogP contribution in [0.15, 0.2) is 15.9 Å². The normalized spacial score (nSPS) is 33.2. The SMILES string of the molecule is CC1CC(C)(C)CC1(O)Cc1ccc(Br)s1. The maximum atomic E-state index is 10.7. The Morgan fingerprint density at radius 2 is 2.19 bits per heavy atom. The molecule has 2 rings (SSSR count). The van der Waals surface area contributed by atoms with Crippen molar-refractivity contribution in [3.05, 3.63) is 20.8 Å². The molecule has 0 saturated heterocycles. The van der Waals surface area contributed by atoms with Crippen LogP contribution >= 0.6 is 27.3 Å². The van der Waals surface area contributed by atoms with E-state index >= 15 is 0 Å². The number of aliphatic hydroxyl groups is 1. The Hall–Kier alpha value is 0.140. The van der Waals surface area contributed by atoms with E-state index in [1.165, 1.54) is 4.88 Å². The Bertz CT molecular complexity index is 385. The van der Waals surface area contributed by atoms with Crippen LogP contribution in [0.3, 0.4) is 0 Å². The average Bonchev–Trinajstić information content (AvgIpc) is 2.55. The van der Waals surface area contributed by atoms with Gasteiger partial charge in [0, 0.05) is 11.3 Å². The zero-order valence-corrected chi connectivity index (χ0v) is 12.5. The minimum atomic E-state index is -0.506. The number of thiophene rings is 1. The molecule has 1 aliphatic carbocycles. The summed E-state index contributed by atoms with van der Waals surface area (Å²) in [4.78, 5) is 1.28. The van der Waals surface area contributed by atoms with Crippen molar-refractivity contribution in [2.45, 2.75) is 45.6 Å². The van der Waals surface area contributed by atoms with Crippen molar-refractivity contribution in [2.24, 2.45) is 11.3 Å². The van der Waals surface area contributed by atoms with Gasteiger partial charge in [-0.15, -0.1) is 11.3 Å². The molecule has 1 aromatic heterocycles. The van der Waals surface area contributed by atoms with Crippen LogP contribution in [0.2, 0.25) is 0 Å². The molecule has 1 saturated carbocycles.